The van der Waals surface area contributed by atoms with Gasteiger partial charge in [-0.2, -0.15) is 5.10 Å². The van der Waals surface area contributed by atoms with Crippen molar-refractivity contribution in [1.82, 2.24) is 19.5 Å². The van der Waals surface area contributed by atoms with Crippen LogP contribution in [0, 0.1) is 5.82 Å². The summed E-state index contributed by atoms with van der Waals surface area (Å²) in [5.74, 6) is 0.0520. The molecule has 100 heavy (non-hydrogen) atoms. The molecular formula is C20H18BrFI73N4O-. The van der Waals surface area contributed by atoms with Crippen LogP contribution in [0.4, 0.5) is 4.39 Å². The van der Waals surface area contributed by atoms with Crippen molar-refractivity contribution in [2.75, 3.05) is 6.54 Å². The first-order chi connectivity index (χ1) is 46.2. The molecule has 2 aliphatic rings. The van der Waals surface area contributed by atoms with Crippen molar-refractivity contribution in [1.29, 1.82) is 0 Å². The number of nitrogens with zero attached hydrogens (tertiary/aromatic N) is 4. The van der Waals surface area contributed by atoms with Gasteiger partial charge in [-0.1, -0.05) is 6.07 Å². The third-order valence-electron chi connectivity index (χ3n) is 8.36. The molecule has 1 saturated carbocycles. The number of carbonyl (C=O) groups is 1. The summed E-state index contributed by atoms with van der Waals surface area (Å²) in [6.45, 7) is 2.55. The second-order valence-corrected chi connectivity index (χ2v) is 1740. The van der Waals surface area contributed by atoms with Crippen molar-refractivity contribution in [3.63, 3.8) is 0 Å². The topological polar surface area (TPSA) is 50.5 Å². The van der Waals surface area contributed by atoms with Gasteiger partial charge in [0.25, 0.3) is 5.91 Å². The Balaban J connectivity index is 0.000000637. The fourth-order valence-corrected chi connectivity index (χ4v) is 14000. The fraction of sp³-hybridized carbons (Fsp3) is 0.350. The van der Waals surface area contributed by atoms with Gasteiger partial charge in [0.15, 0.2) is 5.65 Å². The molecule has 3 aromatic rings. The van der Waals surface area contributed by atoms with E-state index in [1.54, 1.807) is 11.0 Å². The van der Waals surface area contributed by atoms with Crippen LogP contribution in [0.2, 0.25) is 0 Å². The molecule has 5 rings (SSSR count). The standard InChI is InChI=1S/C20H18BrFN4O.I73/c1-11-15-8-14(22)5-4-12(15)6-7-25(11)20(27)16-9-17(13-2-3-13)26-19(23-16)10-18(21)24-26;1-38-40(4)42(6)44(8)46(10)48(12)50(14)52(16)54(18)56(20)58(22)60(24)62(26)64(28)66(30)68(32)70(34)72(36)73(37)71(35)69(33)67(31)65(29)63(27)61(25)59(23)57(21)55(19)53(17)51(15)49(13)47(11)45(9)43(7)41(5)39(2)3/h4-5,8-11,13H,2-3,6-7H2,1H3;/q;-1/t11-;/m1./s1. The average Bonchev–Trinajstić information content (AvgIpc) is 1.56. The number of rotatable bonds is 37. The van der Waals surface area contributed by atoms with Crippen LogP contribution in [-0.4, -0.2) is 31.9 Å². The molecule has 1 fully saturated rings. The van der Waals surface area contributed by atoms with Crippen LogP contribution < -0.4 is 13.3 Å². The molecule has 0 saturated heterocycles. The van der Waals surface area contributed by atoms with Crippen molar-refractivity contribution >= 4 is 993 Å². The summed E-state index contributed by atoms with van der Waals surface area (Å²) in [6, 6.07) is 8.36. The van der Waals surface area contributed by atoms with E-state index in [2.05, 4.69) is 715 Å². The zero-order valence-corrected chi connectivity index (χ0v) is 201. The van der Waals surface area contributed by atoms with E-state index in [9.17, 15) is 9.18 Å². The van der Waals surface area contributed by atoms with Crippen molar-refractivity contribution in [3.8, 4) is 0 Å². The molecule has 5 nitrogen and oxygen atoms in total. The van der Waals surface area contributed by atoms with Gasteiger partial charge in [0, 0.05) is 24.2 Å². The van der Waals surface area contributed by atoms with Gasteiger partial charge in [-0.15, -0.1) is 0 Å². The Kier molecular flexibility index (Phi) is 115. The Morgan fingerprint density at radius 3 is 0.980 bits per heavy atom. The Morgan fingerprint density at radius 1 is 0.430 bits per heavy atom. The Labute approximate surface area is 1080 Å². The van der Waals surface area contributed by atoms with Crippen LogP contribution in [0.1, 0.15) is 59.0 Å². The second-order valence-electron chi connectivity index (χ2n) is 13.1. The normalized spacial score (nSPS) is 19.1. The van der Waals surface area contributed by atoms with Crippen LogP contribution in [-0.2, 0) is 6.42 Å². The van der Waals surface area contributed by atoms with Crippen LogP contribution in [0.5, 0.6) is 0 Å². The number of halogens is 75. The van der Waals surface area contributed by atoms with E-state index in [0.29, 0.717) is 41.7 Å². The molecule has 1 amide bonds. The molecule has 0 unspecified atom stereocenters. The van der Waals surface area contributed by atoms with Gasteiger partial charge in [0.05, 0.1) is 6.04 Å². The number of aromatic nitrogens is 3. The van der Waals surface area contributed by atoms with E-state index in [0.717, 1.165) is 36.1 Å². The molecule has 3 heterocycles. The van der Waals surface area contributed by atoms with Crippen LogP contribution in [0.25, 0.3) is 5.65 Å². The predicted molar refractivity (Wildman–Crippen MR) is 1110 cm³/mol. The summed E-state index contributed by atoms with van der Waals surface area (Å²) < 4.78 is 16.2. The number of carbonyl (C=O) groups excluding carboxylic acids is 1. The number of hydrogen-bond donors (Lipinski definition) is 0. The number of benzene rings is 1. The number of amides is 1. The van der Waals surface area contributed by atoms with Gasteiger partial charge in [-0.05, 0) is 71.4 Å². The summed E-state index contributed by atoms with van der Waals surface area (Å²) in [4.78, 5) is 19.6. The van der Waals surface area contributed by atoms with E-state index in [1.807, 2.05) is 29.6 Å². The molecule has 1 aromatic carbocycles. The monoisotopic (exact) mass is 9690 g/mol. The summed E-state index contributed by atoms with van der Waals surface area (Å²) in [5, 5.41) is 4.45. The van der Waals surface area contributed by atoms with Gasteiger partial charge in [0.1, 0.15) is 16.1 Å². The zero-order chi connectivity index (χ0) is 76.6. The molecular weight excluding hydrogens is 9680 g/mol. The number of fused-ring (bicyclic) bond motifs is 2. The van der Waals surface area contributed by atoms with Crippen LogP contribution >= 0.6 is 981 Å². The predicted octanol–water partition coefficient (Wildman–Crippen LogP) is 65.0. The molecule has 2 aromatic heterocycles. The molecule has 1 aliphatic carbocycles. The van der Waals surface area contributed by atoms with Crippen molar-refractivity contribution in [2.24, 2.45) is 0 Å². The minimum absolute atomic E-state index is 0.112. The summed E-state index contributed by atoms with van der Waals surface area (Å²) in [5.41, 5.74) is 4.12. The third kappa shape index (κ3) is 50.6. The Hall–Kier alpha value is 51.0. The summed E-state index contributed by atoms with van der Waals surface area (Å²) >= 11 is 128. The van der Waals surface area contributed by atoms with Gasteiger partial charge >= 0.3 is 978 Å². The molecule has 0 radical (unpaired) electrons. The van der Waals surface area contributed by atoms with Crippen molar-refractivity contribution < 1.29 is 22.4 Å². The van der Waals surface area contributed by atoms with Gasteiger partial charge in [0.2, 0.25) is 0 Å². The molecule has 80 heteroatoms. The fourth-order valence-electron chi connectivity index (χ4n) is 4.99. The van der Waals surface area contributed by atoms with Crippen LogP contribution in [0.15, 0.2) is 34.9 Å². The third-order valence-corrected chi connectivity index (χ3v) is 5710. The molecule has 0 bridgehead atoms. The maximum absolute atomic E-state index is 13.7. The molecule has 0 spiro atoms. The molecule has 1 aliphatic heterocycles. The van der Waals surface area contributed by atoms with E-state index >= 15 is 0 Å². The van der Waals surface area contributed by atoms with Crippen LogP contribution in [0.3, 0.4) is 0 Å². The first-order valence-electron chi connectivity index (χ1n) is 19.5. The van der Waals surface area contributed by atoms with Gasteiger partial charge < -0.3 is 4.90 Å². The minimum atomic E-state index is -0.627. The first kappa shape index (κ1) is 143. The quantitative estimate of drug-likeness (QED) is 0.0541. The molecule has 0 N–H and O–H groups in total. The summed E-state index contributed by atoms with van der Waals surface area (Å²) in [6.07, 6.45) is 2.94. The van der Waals surface area contributed by atoms with Crippen molar-refractivity contribution in [2.45, 2.75) is 38.1 Å². The Morgan fingerprint density at radius 2 is 0.710 bits per heavy atom. The average molecular weight is 9690 g/mol. The van der Waals surface area contributed by atoms with E-state index in [-0.39, 0.29) is 17.8 Å². The summed E-state index contributed by atoms with van der Waals surface area (Å²) in [7, 11) is -20.1. The molecule has 650 valence electrons. The van der Waals surface area contributed by atoms with E-state index < -0.39 is 276 Å². The maximum atomic E-state index is 13.7. The van der Waals surface area contributed by atoms with E-state index in [1.165, 1.54) is 6.07 Å². The zero-order valence-electron chi connectivity index (χ0n) is 42.4. The van der Waals surface area contributed by atoms with Crippen molar-refractivity contribution in [3.05, 3.63) is 63.3 Å². The van der Waals surface area contributed by atoms with Gasteiger partial charge in [-0.25, -0.2) is 13.9 Å². The first-order valence-corrected chi connectivity index (χ1v) is 473. The van der Waals surface area contributed by atoms with Gasteiger partial charge in [-0.3, -0.25) is 4.79 Å². The SMILES string of the molecule is C[C@@H]1c2cc(F)ccc2CCN1C(=O)c1cc(C2CC2)n2nc(Br)cc2n1.I[I-]I(I)I(I)I(I)I(I)I(I)I(I)I(I)I(I)I(I)I(I)I(I)I(I)I(I)I(I)I(I)I(I)I(I)I(I)I(I)I(I)I(I)I(I)I(I)I(I)I(I)I(I)I(I)I(I)I(I)I(I)I(I)I(I)I(I)I(I)I(I)I. The number of hydrogen-bond acceptors (Lipinski definition) is 3. The Bertz CT molecular complexity index is 2960. The molecule has 1 atom stereocenters. The van der Waals surface area contributed by atoms with E-state index in [4.69, 9.17) is 0 Å². The second kappa shape index (κ2) is 80.0.